The van der Waals surface area contributed by atoms with Crippen molar-refractivity contribution in [1.82, 2.24) is 0 Å². The first-order valence-corrected chi connectivity index (χ1v) is 6.82. The number of halogens is 3. The highest BCUT2D eigenvalue weighted by molar-refractivity contribution is 6.43. The molecule has 2 N–H and O–H groups in total. The van der Waals surface area contributed by atoms with Gasteiger partial charge in [0.1, 0.15) is 18.0 Å². The van der Waals surface area contributed by atoms with Gasteiger partial charge in [-0.25, -0.2) is 0 Å². The van der Waals surface area contributed by atoms with Crippen LogP contribution in [0.15, 0.2) is 30.3 Å². The van der Waals surface area contributed by atoms with Gasteiger partial charge in [0.05, 0.1) is 20.0 Å². The van der Waals surface area contributed by atoms with E-state index in [0.29, 0.717) is 21.4 Å². The number of ether oxygens (including phenoxy) is 1. The summed E-state index contributed by atoms with van der Waals surface area (Å²) in [6.07, 6.45) is 0. The maximum Gasteiger partial charge on any atom is 0.292 e. The number of hydrogen-bond donors (Lipinski definition) is 1. The molecule has 0 aliphatic carbocycles. The Kier molecular flexibility index (Phi) is 4.77. The van der Waals surface area contributed by atoms with Crippen LogP contribution in [0.2, 0.25) is 15.1 Å². The number of nitrogen functional groups attached to an aromatic ring is 1. The lowest BCUT2D eigenvalue weighted by Gasteiger charge is -2.11. The number of anilines is 1. The lowest BCUT2D eigenvalue weighted by Crippen LogP contribution is -2.03. The van der Waals surface area contributed by atoms with Crippen LogP contribution < -0.4 is 10.5 Å². The monoisotopic (exact) mass is 346 g/mol. The molecule has 5 nitrogen and oxygen atoms in total. The maximum atomic E-state index is 10.8. The average Bonchev–Trinajstić information content (AvgIpc) is 2.42. The molecule has 0 saturated carbocycles. The highest BCUT2D eigenvalue weighted by Crippen LogP contribution is 2.35. The highest BCUT2D eigenvalue weighted by Gasteiger charge is 2.15. The Balaban J connectivity index is 2.23. The summed E-state index contributed by atoms with van der Waals surface area (Å²) in [4.78, 5) is 10.3. The molecule has 8 heteroatoms. The van der Waals surface area contributed by atoms with Crippen molar-refractivity contribution in [2.45, 2.75) is 6.61 Å². The van der Waals surface area contributed by atoms with E-state index < -0.39 is 4.92 Å². The fourth-order valence-corrected chi connectivity index (χ4v) is 2.25. The van der Waals surface area contributed by atoms with Crippen LogP contribution in [0.4, 0.5) is 11.4 Å². The van der Waals surface area contributed by atoms with Gasteiger partial charge in [0.15, 0.2) is 0 Å². The van der Waals surface area contributed by atoms with Crippen LogP contribution >= 0.6 is 34.8 Å². The highest BCUT2D eigenvalue weighted by atomic mass is 35.5. The molecular formula is C13H9Cl3N2O3. The largest absolute Gasteiger partial charge is 0.487 e. The normalized spacial score (nSPS) is 10.4. The molecule has 0 atom stereocenters. The molecule has 2 aromatic rings. The average molecular weight is 348 g/mol. The third-order valence-electron chi connectivity index (χ3n) is 2.73. The standard InChI is InChI=1S/C13H9Cl3N2O3/c14-8-4-10(16)12(5-9(8)15)21-6-7-2-1-3-11(13(7)17)18(19)20/h1-5H,6,17H2. The van der Waals surface area contributed by atoms with E-state index in [0.717, 1.165) is 0 Å². The zero-order valence-corrected chi connectivity index (χ0v) is 12.7. The first kappa shape index (κ1) is 15.7. The van der Waals surface area contributed by atoms with Crippen molar-refractivity contribution in [3.05, 3.63) is 61.1 Å². The Bertz CT molecular complexity index is 707. The summed E-state index contributed by atoms with van der Waals surface area (Å²) in [7, 11) is 0. The minimum Gasteiger partial charge on any atom is -0.487 e. The maximum absolute atomic E-state index is 10.8. The zero-order valence-electron chi connectivity index (χ0n) is 10.5. The Morgan fingerprint density at radius 2 is 1.81 bits per heavy atom. The molecule has 0 bridgehead atoms. The second-order valence-electron chi connectivity index (χ2n) is 4.09. The molecule has 0 radical (unpaired) electrons. The second kappa shape index (κ2) is 6.39. The van der Waals surface area contributed by atoms with Gasteiger partial charge in [0.25, 0.3) is 5.69 Å². The van der Waals surface area contributed by atoms with E-state index in [9.17, 15) is 10.1 Å². The van der Waals surface area contributed by atoms with Crippen LogP contribution in [0.1, 0.15) is 5.56 Å². The van der Waals surface area contributed by atoms with Crippen LogP contribution in [0.5, 0.6) is 5.75 Å². The summed E-state index contributed by atoms with van der Waals surface area (Å²) in [6.45, 7) is 0.0190. The molecule has 2 aromatic carbocycles. The van der Waals surface area contributed by atoms with Crippen LogP contribution in [0, 0.1) is 10.1 Å². The van der Waals surface area contributed by atoms with Gasteiger partial charge in [-0.3, -0.25) is 10.1 Å². The molecule has 2 rings (SSSR count). The number of rotatable bonds is 4. The predicted molar refractivity (Wildman–Crippen MR) is 83.3 cm³/mol. The van der Waals surface area contributed by atoms with Crippen molar-refractivity contribution in [2.75, 3.05) is 5.73 Å². The van der Waals surface area contributed by atoms with E-state index in [-0.39, 0.29) is 23.0 Å². The number of benzene rings is 2. The molecule has 0 aromatic heterocycles. The summed E-state index contributed by atoms with van der Waals surface area (Å²) >= 11 is 17.7. The van der Waals surface area contributed by atoms with Gasteiger partial charge in [-0.15, -0.1) is 0 Å². The number of para-hydroxylation sites is 1. The number of nitro benzene ring substituents is 1. The van der Waals surface area contributed by atoms with Crippen molar-refractivity contribution in [3.8, 4) is 5.75 Å². The third-order valence-corrected chi connectivity index (χ3v) is 3.75. The van der Waals surface area contributed by atoms with Gasteiger partial charge < -0.3 is 10.5 Å². The van der Waals surface area contributed by atoms with Crippen molar-refractivity contribution in [2.24, 2.45) is 0 Å². The second-order valence-corrected chi connectivity index (χ2v) is 5.31. The van der Waals surface area contributed by atoms with E-state index in [1.807, 2.05) is 0 Å². The van der Waals surface area contributed by atoms with Gasteiger partial charge in [-0.2, -0.15) is 0 Å². The lowest BCUT2D eigenvalue weighted by molar-refractivity contribution is -0.384. The Morgan fingerprint density at radius 3 is 2.48 bits per heavy atom. The van der Waals surface area contributed by atoms with Gasteiger partial charge >= 0.3 is 0 Å². The van der Waals surface area contributed by atoms with Crippen molar-refractivity contribution in [3.63, 3.8) is 0 Å². The van der Waals surface area contributed by atoms with Crippen LogP contribution in [0.25, 0.3) is 0 Å². The van der Waals surface area contributed by atoms with Crippen molar-refractivity contribution >= 4 is 46.2 Å². The molecule has 0 heterocycles. The SMILES string of the molecule is Nc1c(COc2cc(Cl)c(Cl)cc2Cl)cccc1[N+](=O)[O-]. The summed E-state index contributed by atoms with van der Waals surface area (Å²) in [5.41, 5.74) is 6.10. The minimum atomic E-state index is -0.551. The van der Waals surface area contributed by atoms with Gasteiger partial charge in [-0.1, -0.05) is 46.9 Å². The molecule has 0 saturated heterocycles. The third kappa shape index (κ3) is 3.50. The fraction of sp³-hybridized carbons (Fsp3) is 0.0769. The van der Waals surface area contributed by atoms with Gasteiger partial charge in [-0.05, 0) is 6.07 Å². The fourth-order valence-electron chi connectivity index (χ4n) is 1.65. The number of nitro groups is 1. The van der Waals surface area contributed by atoms with Gasteiger partial charge in [0.2, 0.25) is 0 Å². The molecule has 21 heavy (non-hydrogen) atoms. The van der Waals surface area contributed by atoms with Gasteiger partial charge in [0, 0.05) is 17.7 Å². The first-order valence-electron chi connectivity index (χ1n) is 5.69. The van der Waals surface area contributed by atoms with Crippen LogP contribution in [0.3, 0.4) is 0 Å². The Hall–Kier alpha value is -1.69. The zero-order chi connectivity index (χ0) is 15.6. The summed E-state index contributed by atoms with van der Waals surface area (Å²) in [5.74, 6) is 0.317. The summed E-state index contributed by atoms with van der Waals surface area (Å²) in [5, 5.41) is 11.7. The van der Waals surface area contributed by atoms with E-state index in [1.165, 1.54) is 24.3 Å². The predicted octanol–water partition coefficient (Wildman–Crippen LogP) is 4.72. The quantitative estimate of drug-likeness (QED) is 0.376. The molecular weight excluding hydrogens is 339 g/mol. The molecule has 0 fully saturated rings. The Morgan fingerprint density at radius 1 is 1.14 bits per heavy atom. The van der Waals surface area contributed by atoms with E-state index in [4.69, 9.17) is 45.3 Å². The first-order chi connectivity index (χ1) is 9.90. The molecule has 0 spiro atoms. The number of hydrogen-bond acceptors (Lipinski definition) is 4. The Labute approximate surface area is 135 Å². The molecule has 0 aliphatic heterocycles. The van der Waals surface area contributed by atoms with Crippen LogP contribution in [-0.2, 0) is 6.61 Å². The van der Waals surface area contributed by atoms with Crippen molar-refractivity contribution < 1.29 is 9.66 Å². The topological polar surface area (TPSA) is 78.4 Å². The smallest absolute Gasteiger partial charge is 0.292 e. The summed E-state index contributed by atoms with van der Waals surface area (Å²) < 4.78 is 5.50. The number of nitrogens with two attached hydrogens (primary N) is 1. The van der Waals surface area contributed by atoms with Crippen LogP contribution in [-0.4, -0.2) is 4.92 Å². The van der Waals surface area contributed by atoms with E-state index in [2.05, 4.69) is 0 Å². The summed E-state index contributed by atoms with van der Waals surface area (Å²) in [6, 6.07) is 7.42. The van der Waals surface area contributed by atoms with E-state index in [1.54, 1.807) is 6.07 Å². The molecule has 0 aliphatic rings. The molecule has 0 unspecified atom stereocenters. The van der Waals surface area contributed by atoms with E-state index >= 15 is 0 Å². The minimum absolute atomic E-state index is 0.0190. The molecule has 0 amide bonds. The number of nitrogens with zero attached hydrogens (tertiary/aromatic N) is 1. The van der Waals surface area contributed by atoms with Crippen molar-refractivity contribution in [1.29, 1.82) is 0 Å². The molecule has 110 valence electrons. The lowest BCUT2D eigenvalue weighted by atomic mass is 10.1.